The number of hydrogen-bond acceptors (Lipinski definition) is 4. The van der Waals surface area contributed by atoms with E-state index in [9.17, 15) is 9.59 Å². The van der Waals surface area contributed by atoms with Gasteiger partial charge in [0.15, 0.2) is 5.78 Å². The van der Waals surface area contributed by atoms with Gasteiger partial charge in [-0.1, -0.05) is 28.7 Å². The van der Waals surface area contributed by atoms with Gasteiger partial charge in [0.05, 0.1) is 7.11 Å². The summed E-state index contributed by atoms with van der Waals surface area (Å²) < 4.78 is 11.7. The van der Waals surface area contributed by atoms with Gasteiger partial charge >= 0.3 is 5.97 Å². The summed E-state index contributed by atoms with van der Waals surface area (Å²) in [6.45, 7) is 5.47. The highest BCUT2D eigenvalue weighted by Crippen LogP contribution is 2.40. The van der Waals surface area contributed by atoms with E-state index in [1.807, 2.05) is 20.8 Å². The molecule has 0 N–H and O–H groups in total. The molecule has 0 saturated heterocycles. The number of methoxy groups -OCH3 is 1. The molecule has 0 spiro atoms. The number of esters is 1. The molecule has 0 fully saturated rings. The Bertz CT molecular complexity index is 445. The van der Waals surface area contributed by atoms with Crippen molar-refractivity contribution >= 4 is 34.3 Å². The van der Waals surface area contributed by atoms with Crippen molar-refractivity contribution in [1.29, 1.82) is 0 Å². The molecule has 4 nitrogen and oxygen atoms in total. The molecular formula is C15H21IO4. The van der Waals surface area contributed by atoms with Gasteiger partial charge in [-0.15, -0.1) is 0 Å². The normalized spacial score (nSPS) is 22.4. The maximum absolute atomic E-state index is 12.6. The fraction of sp³-hybridized carbons (Fsp3) is 0.600. The minimum atomic E-state index is -0.985. The number of allylic oxidation sites excluding steroid dienone is 2. The molecule has 20 heavy (non-hydrogen) atoms. The standard InChI is InChI=1S/C15H21IO4/c1-14(2,3)20-13(18)15(7-5-9-16)8-6-11(17)10-12(15)19-4/h6,8,10H,5,7,9H2,1-4H3. The number of alkyl halides is 1. The second-order valence-corrected chi connectivity index (χ2v) is 6.79. The Labute approximate surface area is 133 Å². The van der Waals surface area contributed by atoms with Gasteiger partial charge in [-0.25, -0.2) is 0 Å². The van der Waals surface area contributed by atoms with Crippen LogP contribution in [0.25, 0.3) is 0 Å². The fourth-order valence-electron chi connectivity index (χ4n) is 2.05. The quantitative estimate of drug-likeness (QED) is 0.410. The Balaban J connectivity index is 3.15. The van der Waals surface area contributed by atoms with Crippen LogP contribution in [0.1, 0.15) is 33.6 Å². The molecule has 1 unspecified atom stereocenters. The van der Waals surface area contributed by atoms with E-state index in [0.717, 1.165) is 10.8 Å². The zero-order chi connectivity index (χ0) is 15.4. The Hall–Kier alpha value is -0.850. The van der Waals surface area contributed by atoms with Crippen LogP contribution in [0.15, 0.2) is 24.0 Å². The number of ketones is 1. The predicted molar refractivity (Wildman–Crippen MR) is 85.6 cm³/mol. The Morgan fingerprint density at radius 1 is 1.40 bits per heavy atom. The van der Waals surface area contributed by atoms with Crippen molar-refractivity contribution in [2.45, 2.75) is 39.2 Å². The van der Waals surface area contributed by atoms with Gasteiger partial charge in [0.1, 0.15) is 16.8 Å². The molecule has 0 bridgehead atoms. The van der Waals surface area contributed by atoms with Crippen LogP contribution in [0.5, 0.6) is 0 Å². The molecule has 1 atom stereocenters. The first-order valence-electron chi connectivity index (χ1n) is 6.54. The molecule has 112 valence electrons. The van der Waals surface area contributed by atoms with Gasteiger partial charge in [-0.05, 0) is 44.1 Å². The molecular weight excluding hydrogens is 371 g/mol. The number of carbonyl (C=O) groups excluding carboxylic acids is 2. The van der Waals surface area contributed by atoms with Gasteiger partial charge in [-0.2, -0.15) is 0 Å². The number of ether oxygens (including phenoxy) is 2. The molecule has 0 amide bonds. The maximum Gasteiger partial charge on any atom is 0.324 e. The van der Waals surface area contributed by atoms with E-state index in [1.54, 1.807) is 6.08 Å². The highest BCUT2D eigenvalue weighted by atomic mass is 127. The van der Waals surface area contributed by atoms with E-state index in [-0.39, 0.29) is 11.8 Å². The average molecular weight is 392 g/mol. The van der Waals surface area contributed by atoms with Crippen LogP contribution in [0, 0.1) is 5.41 Å². The van der Waals surface area contributed by atoms with Crippen molar-refractivity contribution in [1.82, 2.24) is 0 Å². The lowest BCUT2D eigenvalue weighted by molar-refractivity contribution is -0.164. The summed E-state index contributed by atoms with van der Waals surface area (Å²) in [5.74, 6) is -0.175. The van der Waals surface area contributed by atoms with Crippen molar-refractivity contribution in [3.63, 3.8) is 0 Å². The van der Waals surface area contributed by atoms with Crippen molar-refractivity contribution in [2.24, 2.45) is 5.41 Å². The lowest BCUT2D eigenvalue weighted by atomic mass is 9.77. The molecule has 0 aromatic carbocycles. The lowest BCUT2D eigenvalue weighted by Crippen LogP contribution is -2.40. The van der Waals surface area contributed by atoms with Gasteiger partial charge in [-0.3, -0.25) is 9.59 Å². The van der Waals surface area contributed by atoms with Crippen LogP contribution >= 0.6 is 22.6 Å². The summed E-state index contributed by atoms with van der Waals surface area (Å²) in [5, 5.41) is 0. The minimum absolute atomic E-state index is 0.171. The van der Waals surface area contributed by atoms with E-state index in [1.165, 1.54) is 19.3 Å². The summed E-state index contributed by atoms with van der Waals surface area (Å²) in [4.78, 5) is 24.1. The molecule has 0 aromatic heterocycles. The van der Waals surface area contributed by atoms with Crippen LogP contribution in [0.2, 0.25) is 0 Å². The summed E-state index contributed by atoms with van der Waals surface area (Å²) in [5.41, 5.74) is -1.57. The van der Waals surface area contributed by atoms with Crippen LogP contribution in [0.4, 0.5) is 0 Å². The number of carbonyl (C=O) groups is 2. The van der Waals surface area contributed by atoms with Crippen molar-refractivity contribution in [3.05, 3.63) is 24.0 Å². The van der Waals surface area contributed by atoms with Crippen molar-refractivity contribution in [3.8, 4) is 0 Å². The molecule has 5 heteroatoms. The first kappa shape index (κ1) is 17.2. The zero-order valence-electron chi connectivity index (χ0n) is 12.4. The van der Waals surface area contributed by atoms with Crippen LogP contribution in [-0.2, 0) is 19.1 Å². The molecule has 0 aromatic rings. The SMILES string of the molecule is COC1=CC(=O)C=CC1(CCCI)C(=O)OC(C)(C)C. The second-order valence-electron chi connectivity index (χ2n) is 5.71. The van der Waals surface area contributed by atoms with E-state index in [2.05, 4.69) is 22.6 Å². The van der Waals surface area contributed by atoms with E-state index in [0.29, 0.717) is 12.2 Å². The third-order valence-electron chi connectivity index (χ3n) is 2.93. The molecule has 0 radical (unpaired) electrons. The fourth-order valence-corrected chi connectivity index (χ4v) is 2.43. The van der Waals surface area contributed by atoms with Crippen molar-refractivity contribution < 1.29 is 19.1 Å². The molecule has 1 rings (SSSR count). The van der Waals surface area contributed by atoms with Crippen LogP contribution in [-0.4, -0.2) is 28.9 Å². The zero-order valence-corrected chi connectivity index (χ0v) is 14.5. The first-order chi connectivity index (χ1) is 9.25. The van der Waals surface area contributed by atoms with Crippen LogP contribution < -0.4 is 0 Å². The van der Waals surface area contributed by atoms with E-state index < -0.39 is 11.0 Å². The van der Waals surface area contributed by atoms with Crippen molar-refractivity contribution in [2.75, 3.05) is 11.5 Å². The monoisotopic (exact) mass is 392 g/mol. The van der Waals surface area contributed by atoms with E-state index in [4.69, 9.17) is 9.47 Å². The molecule has 1 aliphatic rings. The van der Waals surface area contributed by atoms with Gasteiger partial charge in [0.25, 0.3) is 0 Å². The third-order valence-corrected chi connectivity index (χ3v) is 3.70. The smallest absolute Gasteiger partial charge is 0.324 e. The maximum atomic E-state index is 12.6. The second kappa shape index (κ2) is 6.74. The Morgan fingerprint density at radius 2 is 2.05 bits per heavy atom. The highest BCUT2D eigenvalue weighted by molar-refractivity contribution is 14.1. The summed E-state index contributed by atoms with van der Waals surface area (Å²) >= 11 is 2.26. The first-order valence-corrected chi connectivity index (χ1v) is 8.06. The molecule has 0 aliphatic heterocycles. The topological polar surface area (TPSA) is 52.6 Å². The van der Waals surface area contributed by atoms with E-state index >= 15 is 0 Å². The third kappa shape index (κ3) is 4.07. The summed E-state index contributed by atoms with van der Waals surface area (Å²) in [6.07, 6.45) is 5.80. The molecule has 0 heterocycles. The minimum Gasteiger partial charge on any atom is -0.499 e. The summed E-state index contributed by atoms with van der Waals surface area (Å²) in [7, 11) is 1.47. The Kier molecular flexibility index (Phi) is 5.79. The van der Waals surface area contributed by atoms with Gasteiger partial charge in [0.2, 0.25) is 0 Å². The number of rotatable bonds is 5. The molecule has 0 saturated carbocycles. The Morgan fingerprint density at radius 3 is 2.55 bits per heavy atom. The highest BCUT2D eigenvalue weighted by Gasteiger charge is 2.45. The lowest BCUT2D eigenvalue weighted by Gasteiger charge is -2.34. The average Bonchev–Trinajstić information content (AvgIpc) is 2.35. The van der Waals surface area contributed by atoms with Gasteiger partial charge in [0, 0.05) is 6.08 Å². The van der Waals surface area contributed by atoms with Crippen LogP contribution in [0.3, 0.4) is 0 Å². The molecule has 1 aliphatic carbocycles. The summed E-state index contributed by atoms with van der Waals surface area (Å²) in [6, 6.07) is 0. The number of hydrogen-bond donors (Lipinski definition) is 0. The van der Waals surface area contributed by atoms with Gasteiger partial charge < -0.3 is 9.47 Å². The number of halogens is 1. The largest absolute Gasteiger partial charge is 0.499 e. The predicted octanol–water partition coefficient (Wildman–Crippen LogP) is 3.20.